The smallest absolute Gasteiger partial charge is 0.215 e. The number of ether oxygens (including phenoxy) is 1. The molecule has 0 aliphatic carbocycles. The molecule has 0 radical (unpaired) electrons. The Balaban J connectivity index is 2.08. The van der Waals surface area contributed by atoms with Crippen LogP contribution in [0.1, 0.15) is 18.7 Å². The fourth-order valence-corrected chi connectivity index (χ4v) is 3.52. The van der Waals surface area contributed by atoms with E-state index in [2.05, 4.69) is 41.3 Å². The van der Waals surface area contributed by atoms with Crippen LogP contribution in [0.15, 0.2) is 29.6 Å². The van der Waals surface area contributed by atoms with Crippen LogP contribution < -0.4 is 4.74 Å². The van der Waals surface area contributed by atoms with Crippen molar-refractivity contribution in [2.45, 2.75) is 25.8 Å². The summed E-state index contributed by atoms with van der Waals surface area (Å²) >= 11 is 7.23. The minimum Gasteiger partial charge on any atom is -0.481 e. The van der Waals surface area contributed by atoms with E-state index in [1.807, 2.05) is 16.7 Å². The number of thiophene rings is 1. The second-order valence-electron chi connectivity index (χ2n) is 5.60. The average molecular weight is 319 g/mol. The Bertz CT molecular complexity index is 815. The van der Waals surface area contributed by atoms with Gasteiger partial charge in [-0.3, -0.25) is 0 Å². The van der Waals surface area contributed by atoms with E-state index in [4.69, 9.17) is 17.0 Å². The third kappa shape index (κ3) is 2.61. The van der Waals surface area contributed by atoms with Gasteiger partial charge in [-0.2, -0.15) is 4.98 Å². The lowest BCUT2D eigenvalue weighted by Crippen LogP contribution is -2.23. The van der Waals surface area contributed by atoms with Crippen molar-refractivity contribution < 1.29 is 4.74 Å². The summed E-state index contributed by atoms with van der Waals surface area (Å²) < 4.78 is 7.96. The first kappa shape index (κ1) is 14.3. The zero-order valence-electron chi connectivity index (χ0n) is 12.2. The van der Waals surface area contributed by atoms with Crippen molar-refractivity contribution in [2.75, 3.05) is 7.11 Å². The molecule has 0 aliphatic rings. The lowest BCUT2D eigenvalue weighted by molar-refractivity contribution is 0.397. The van der Waals surface area contributed by atoms with Crippen LogP contribution in [-0.4, -0.2) is 21.6 Å². The molecule has 4 nitrogen and oxygen atoms in total. The van der Waals surface area contributed by atoms with Crippen molar-refractivity contribution in [1.82, 2.24) is 14.5 Å². The maximum atomic E-state index is 5.46. The van der Waals surface area contributed by atoms with E-state index in [1.54, 1.807) is 18.4 Å². The van der Waals surface area contributed by atoms with Crippen LogP contribution in [0.2, 0.25) is 0 Å². The van der Waals surface area contributed by atoms with Gasteiger partial charge in [-0.05, 0) is 29.7 Å². The van der Waals surface area contributed by atoms with Gasteiger partial charge < -0.3 is 14.3 Å². The molecule has 6 heteroatoms. The van der Waals surface area contributed by atoms with E-state index < -0.39 is 0 Å². The number of nitrogens with zero attached hydrogens (tertiary/aromatic N) is 2. The number of nitrogens with one attached hydrogen (secondary N) is 1. The summed E-state index contributed by atoms with van der Waals surface area (Å²) in [6.45, 7) is 5.21. The molecule has 0 spiro atoms. The number of hydrogen-bond acceptors (Lipinski definition) is 4. The summed E-state index contributed by atoms with van der Waals surface area (Å²) in [4.78, 5) is 9.07. The first-order valence-corrected chi connectivity index (χ1v) is 7.97. The number of pyridine rings is 1. The molecule has 0 aromatic carbocycles. The highest BCUT2D eigenvalue weighted by Gasteiger charge is 2.24. The Hall–Kier alpha value is -1.66. The molecule has 0 saturated carbocycles. The molecule has 3 aromatic rings. The molecule has 0 aliphatic heterocycles. The quantitative estimate of drug-likeness (QED) is 0.735. The molecule has 3 heterocycles. The molecule has 0 amide bonds. The van der Waals surface area contributed by atoms with Gasteiger partial charge in [0, 0.05) is 22.9 Å². The van der Waals surface area contributed by atoms with Gasteiger partial charge in [0.2, 0.25) is 5.88 Å². The van der Waals surface area contributed by atoms with Crippen LogP contribution >= 0.6 is 23.6 Å². The number of rotatable bonds is 4. The van der Waals surface area contributed by atoms with Gasteiger partial charge >= 0.3 is 0 Å². The highest BCUT2D eigenvalue weighted by atomic mass is 32.1. The van der Waals surface area contributed by atoms with Gasteiger partial charge in [0.05, 0.1) is 12.6 Å². The summed E-state index contributed by atoms with van der Waals surface area (Å²) in [5, 5.41) is 2.10. The largest absolute Gasteiger partial charge is 0.481 e. The zero-order valence-corrected chi connectivity index (χ0v) is 13.8. The molecule has 0 bridgehead atoms. The van der Waals surface area contributed by atoms with Crippen LogP contribution in [0.4, 0.5) is 0 Å². The van der Waals surface area contributed by atoms with E-state index in [0.717, 1.165) is 17.7 Å². The Morgan fingerprint density at radius 2 is 2.19 bits per heavy atom. The van der Waals surface area contributed by atoms with Gasteiger partial charge in [-0.25, -0.2) is 0 Å². The van der Waals surface area contributed by atoms with Gasteiger partial charge in [0.25, 0.3) is 0 Å². The lowest BCUT2D eigenvalue weighted by atomic mass is 9.91. The molecule has 110 valence electrons. The predicted octanol–water partition coefficient (Wildman–Crippen LogP) is 4.14. The van der Waals surface area contributed by atoms with Crippen molar-refractivity contribution in [3.63, 3.8) is 0 Å². The monoisotopic (exact) mass is 319 g/mol. The van der Waals surface area contributed by atoms with Crippen molar-refractivity contribution >= 4 is 34.7 Å². The van der Waals surface area contributed by atoms with E-state index in [1.165, 1.54) is 4.88 Å². The second-order valence-corrected chi connectivity index (χ2v) is 6.94. The first-order valence-electron chi connectivity index (χ1n) is 6.69. The molecular weight excluding hydrogens is 302 g/mol. The Kier molecular flexibility index (Phi) is 3.59. The van der Waals surface area contributed by atoms with Crippen LogP contribution in [0.25, 0.3) is 11.2 Å². The van der Waals surface area contributed by atoms with Crippen LogP contribution in [0.5, 0.6) is 5.88 Å². The van der Waals surface area contributed by atoms with Crippen molar-refractivity contribution in [2.24, 2.45) is 0 Å². The third-order valence-electron chi connectivity index (χ3n) is 3.54. The summed E-state index contributed by atoms with van der Waals surface area (Å²) in [6.07, 6.45) is 0. The number of aromatic amines is 1. The molecule has 0 fully saturated rings. The summed E-state index contributed by atoms with van der Waals surface area (Å²) in [7, 11) is 1.62. The van der Waals surface area contributed by atoms with Crippen LogP contribution in [0.3, 0.4) is 0 Å². The first-order chi connectivity index (χ1) is 10.0. The summed E-state index contributed by atoms with van der Waals surface area (Å²) in [5.41, 5.74) is 1.76. The highest BCUT2D eigenvalue weighted by molar-refractivity contribution is 7.71. The fraction of sp³-hybridized carbons (Fsp3) is 0.333. The summed E-state index contributed by atoms with van der Waals surface area (Å²) in [6, 6.07) is 8.03. The molecular formula is C15H17N3OS2. The number of aromatic nitrogens is 3. The van der Waals surface area contributed by atoms with Gasteiger partial charge in [0.15, 0.2) is 10.4 Å². The van der Waals surface area contributed by atoms with Gasteiger partial charge in [-0.1, -0.05) is 19.9 Å². The molecule has 0 unspecified atom stereocenters. The summed E-state index contributed by atoms with van der Waals surface area (Å²) in [5.74, 6) is 0.596. The molecule has 3 aromatic heterocycles. The second kappa shape index (κ2) is 5.27. The number of fused-ring (bicyclic) bond motifs is 1. The number of methoxy groups -OCH3 is 1. The minimum atomic E-state index is -0.00767. The third-order valence-corrected chi connectivity index (χ3v) is 5.10. The molecule has 1 N–H and O–H groups in total. The molecule has 21 heavy (non-hydrogen) atoms. The number of H-pyrrole nitrogens is 1. The Labute approximate surface area is 132 Å². The van der Waals surface area contributed by atoms with Crippen LogP contribution in [0, 0.1) is 4.77 Å². The molecule has 0 atom stereocenters. The Morgan fingerprint density at radius 3 is 2.86 bits per heavy atom. The number of hydrogen-bond donors (Lipinski definition) is 1. The van der Waals surface area contributed by atoms with Crippen molar-refractivity contribution in [1.29, 1.82) is 0 Å². The number of imidazole rings is 1. The van der Waals surface area contributed by atoms with Gasteiger partial charge in [0.1, 0.15) is 0 Å². The van der Waals surface area contributed by atoms with E-state index in [0.29, 0.717) is 10.7 Å². The topological polar surface area (TPSA) is 42.8 Å². The maximum absolute atomic E-state index is 5.46. The average Bonchev–Trinajstić information content (AvgIpc) is 3.08. The highest BCUT2D eigenvalue weighted by Crippen LogP contribution is 2.30. The molecule has 3 rings (SSSR count). The normalized spacial score (nSPS) is 12.0. The van der Waals surface area contributed by atoms with E-state index in [9.17, 15) is 0 Å². The minimum absolute atomic E-state index is 0.00767. The SMILES string of the molecule is COc1ccc2[nH]c(=S)n(CC(C)(C)c3cccs3)c2n1. The Morgan fingerprint density at radius 1 is 1.38 bits per heavy atom. The predicted molar refractivity (Wildman–Crippen MR) is 88.8 cm³/mol. The van der Waals surface area contributed by atoms with E-state index >= 15 is 0 Å². The van der Waals surface area contributed by atoms with E-state index in [-0.39, 0.29) is 5.41 Å². The lowest BCUT2D eigenvalue weighted by Gasteiger charge is -2.24. The fourth-order valence-electron chi connectivity index (χ4n) is 2.41. The standard InChI is InChI=1S/C15H17N3OS2/c1-15(2,11-5-4-8-21-11)9-18-13-10(16-14(18)20)6-7-12(17-13)19-3/h4-8H,9H2,1-3H3,(H,16,20). The maximum Gasteiger partial charge on any atom is 0.215 e. The van der Waals surface area contributed by atoms with Gasteiger partial charge in [-0.15, -0.1) is 11.3 Å². The van der Waals surface area contributed by atoms with Crippen molar-refractivity contribution in [3.8, 4) is 5.88 Å². The zero-order chi connectivity index (χ0) is 15.0. The molecule has 0 saturated heterocycles. The van der Waals surface area contributed by atoms with Crippen molar-refractivity contribution in [3.05, 3.63) is 39.3 Å². The van der Waals surface area contributed by atoms with Crippen LogP contribution in [-0.2, 0) is 12.0 Å².